The number of aryl methyl sites for hydroxylation is 1. The molecular formula is C20H19N5O. The molecule has 0 radical (unpaired) electrons. The van der Waals surface area contributed by atoms with Gasteiger partial charge in [0.05, 0.1) is 7.11 Å². The number of nitrogens with zero attached hydrogens (tertiary/aromatic N) is 2. The van der Waals surface area contributed by atoms with Crippen LogP contribution < -0.4 is 15.4 Å². The Kier molecular flexibility index (Phi) is 4.15. The van der Waals surface area contributed by atoms with Gasteiger partial charge in [-0.15, -0.1) is 0 Å². The van der Waals surface area contributed by atoms with Gasteiger partial charge in [0.1, 0.15) is 11.6 Å². The van der Waals surface area contributed by atoms with Gasteiger partial charge in [0.15, 0.2) is 0 Å². The second-order valence-electron chi connectivity index (χ2n) is 6.00. The molecule has 4 aromatic rings. The molecule has 0 fully saturated rings. The van der Waals surface area contributed by atoms with Crippen LogP contribution in [0.4, 0.5) is 23.1 Å². The normalized spacial score (nSPS) is 10.7. The number of rotatable bonds is 5. The van der Waals surface area contributed by atoms with E-state index in [4.69, 9.17) is 4.74 Å². The summed E-state index contributed by atoms with van der Waals surface area (Å²) < 4.78 is 5.24. The average Bonchev–Trinajstić information content (AvgIpc) is 3.01. The Morgan fingerprint density at radius 1 is 0.962 bits per heavy atom. The third-order valence-corrected chi connectivity index (χ3v) is 4.01. The zero-order valence-corrected chi connectivity index (χ0v) is 14.6. The number of methoxy groups -OCH3 is 1. The summed E-state index contributed by atoms with van der Waals surface area (Å²) in [5, 5.41) is 7.68. The number of hydrogen-bond donors (Lipinski definition) is 3. The maximum absolute atomic E-state index is 5.24. The summed E-state index contributed by atoms with van der Waals surface area (Å²) in [5.74, 6) is 2.01. The standard InChI is InChI=1S/C20H19N5O/c1-13-10-14-11-16(6-7-18(14)22-13)23-19-8-9-21-20(25-19)24-15-4-3-5-17(12-15)26-2/h3-12,22H,1-2H3,(H2,21,23,24,25). The average molecular weight is 345 g/mol. The number of aromatic amines is 1. The van der Waals surface area contributed by atoms with Crippen molar-refractivity contribution < 1.29 is 4.74 Å². The van der Waals surface area contributed by atoms with Crippen molar-refractivity contribution in [1.82, 2.24) is 15.0 Å². The van der Waals surface area contributed by atoms with Crippen molar-refractivity contribution in [2.75, 3.05) is 17.7 Å². The van der Waals surface area contributed by atoms with E-state index in [9.17, 15) is 0 Å². The van der Waals surface area contributed by atoms with Crippen LogP contribution in [0.25, 0.3) is 10.9 Å². The lowest BCUT2D eigenvalue weighted by atomic mass is 10.2. The molecule has 0 saturated heterocycles. The fourth-order valence-corrected chi connectivity index (χ4v) is 2.82. The molecule has 2 aromatic carbocycles. The SMILES string of the molecule is COc1cccc(Nc2nccc(Nc3ccc4[nH]c(C)cc4c3)n2)c1. The molecular weight excluding hydrogens is 326 g/mol. The van der Waals surface area contributed by atoms with Gasteiger partial charge in [0.2, 0.25) is 5.95 Å². The number of fused-ring (bicyclic) bond motifs is 1. The smallest absolute Gasteiger partial charge is 0.229 e. The zero-order valence-electron chi connectivity index (χ0n) is 14.6. The highest BCUT2D eigenvalue weighted by atomic mass is 16.5. The molecule has 4 rings (SSSR count). The molecule has 0 saturated carbocycles. The van der Waals surface area contributed by atoms with Gasteiger partial charge in [0.25, 0.3) is 0 Å². The zero-order chi connectivity index (χ0) is 17.9. The quantitative estimate of drug-likeness (QED) is 0.486. The van der Waals surface area contributed by atoms with E-state index in [2.05, 4.69) is 43.8 Å². The third kappa shape index (κ3) is 3.44. The fourth-order valence-electron chi connectivity index (χ4n) is 2.82. The van der Waals surface area contributed by atoms with Crippen LogP contribution in [-0.4, -0.2) is 22.1 Å². The van der Waals surface area contributed by atoms with Crippen LogP contribution >= 0.6 is 0 Å². The van der Waals surface area contributed by atoms with Gasteiger partial charge in [-0.2, -0.15) is 4.98 Å². The molecule has 2 aromatic heterocycles. The topological polar surface area (TPSA) is 74.9 Å². The maximum Gasteiger partial charge on any atom is 0.229 e. The first kappa shape index (κ1) is 16.0. The second kappa shape index (κ2) is 6.76. The van der Waals surface area contributed by atoms with Crippen molar-refractivity contribution in [1.29, 1.82) is 0 Å². The van der Waals surface area contributed by atoms with E-state index in [-0.39, 0.29) is 0 Å². The van der Waals surface area contributed by atoms with Crippen molar-refractivity contribution >= 4 is 34.0 Å². The summed E-state index contributed by atoms with van der Waals surface area (Å²) in [4.78, 5) is 12.1. The van der Waals surface area contributed by atoms with Gasteiger partial charge in [0, 0.05) is 40.2 Å². The van der Waals surface area contributed by atoms with Gasteiger partial charge >= 0.3 is 0 Å². The summed E-state index contributed by atoms with van der Waals surface area (Å²) in [5.41, 5.74) is 4.10. The third-order valence-electron chi connectivity index (χ3n) is 4.01. The van der Waals surface area contributed by atoms with E-state index in [0.717, 1.165) is 39.5 Å². The van der Waals surface area contributed by atoms with Gasteiger partial charge in [-0.25, -0.2) is 4.98 Å². The molecule has 130 valence electrons. The summed E-state index contributed by atoms with van der Waals surface area (Å²) in [7, 11) is 1.64. The Morgan fingerprint density at radius 2 is 1.85 bits per heavy atom. The Bertz CT molecular complexity index is 1060. The van der Waals surface area contributed by atoms with E-state index in [1.54, 1.807) is 13.3 Å². The van der Waals surface area contributed by atoms with E-state index >= 15 is 0 Å². The highest BCUT2D eigenvalue weighted by molar-refractivity contribution is 5.84. The molecule has 0 bridgehead atoms. The van der Waals surface area contributed by atoms with Crippen molar-refractivity contribution in [3.8, 4) is 5.75 Å². The van der Waals surface area contributed by atoms with Crippen LogP contribution in [0.3, 0.4) is 0 Å². The van der Waals surface area contributed by atoms with E-state index in [1.807, 2.05) is 43.3 Å². The van der Waals surface area contributed by atoms with Crippen LogP contribution in [-0.2, 0) is 0 Å². The summed E-state index contributed by atoms with van der Waals surface area (Å²) in [6, 6.07) is 17.8. The van der Waals surface area contributed by atoms with E-state index in [1.165, 1.54) is 0 Å². The Balaban J connectivity index is 1.54. The highest BCUT2D eigenvalue weighted by Gasteiger charge is 2.04. The number of benzene rings is 2. The van der Waals surface area contributed by atoms with Crippen LogP contribution in [0, 0.1) is 6.92 Å². The molecule has 0 unspecified atom stereocenters. The first-order valence-electron chi connectivity index (χ1n) is 8.30. The van der Waals surface area contributed by atoms with Gasteiger partial charge in [-0.3, -0.25) is 0 Å². The molecule has 3 N–H and O–H groups in total. The van der Waals surface area contributed by atoms with Crippen molar-refractivity contribution in [3.63, 3.8) is 0 Å². The second-order valence-corrected chi connectivity index (χ2v) is 6.00. The van der Waals surface area contributed by atoms with Crippen LogP contribution in [0.5, 0.6) is 5.75 Å². The fraction of sp³-hybridized carbons (Fsp3) is 0.100. The van der Waals surface area contributed by atoms with E-state index in [0.29, 0.717) is 5.95 Å². The number of nitrogens with one attached hydrogen (secondary N) is 3. The number of hydrogen-bond acceptors (Lipinski definition) is 5. The van der Waals surface area contributed by atoms with E-state index < -0.39 is 0 Å². The summed E-state index contributed by atoms with van der Waals surface area (Å²) in [6.45, 7) is 2.05. The molecule has 0 spiro atoms. The van der Waals surface area contributed by atoms with Crippen LogP contribution in [0.15, 0.2) is 60.8 Å². The van der Waals surface area contributed by atoms with Gasteiger partial charge in [-0.1, -0.05) is 6.07 Å². The lowest BCUT2D eigenvalue weighted by Crippen LogP contribution is -2.00. The predicted molar refractivity (Wildman–Crippen MR) is 105 cm³/mol. The molecule has 6 heteroatoms. The van der Waals surface area contributed by atoms with Crippen molar-refractivity contribution in [2.45, 2.75) is 6.92 Å². The Labute approximate surface area is 151 Å². The molecule has 2 heterocycles. The summed E-state index contributed by atoms with van der Waals surface area (Å²) in [6.07, 6.45) is 1.72. The largest absolute Gasteiger partial charge is 0.497 e. The highest BCUT2D eigenvalue weighted by Crippen LogP contribution is 2.23. The number of anilines is 4. The molecule has 0 amide bonds. The minimum Gasteiger partial charge on any atom is -0.497 e. The van der Waals surface area contributed by atoms with Crippen LogP contribution in [0.1, 0.15) is 5.69 Å². The first-order chi connectivity index (χ1) is 12.7. The molecule has 0 aliphatic rings. The van der Waals surface area contributed by atoms with Crippen molar-refractivity contribution in [3.05, 3.63) is 66.5 Å². The van der Waals surface area contributed by atoms with Crippen molar-refractivity contribution in [2.24, 2.45) is 0 Å². The molecule has 0 aliphatic heterocycles. The minimum absolute atomic E-state index is 0.516. The Hall–Kier alpha value is -3.54. The monoisotopic (exact) mass is 345 g/mol. The lowest BCUT2D eigenvalue weighted by Gasteiger charge is -2.09. The number of aromatic nitrogens is 3. The summed E-state index contributed by atoms with van der Waals surface area (Å²) >= 11 is 0. The first-order valence-corrected chi connectivity index (χ1v) is 8.30. The Morgan fingerprint density at radius 3 is 2.73 bits per heavy atom. The maximum atomic E-state index is 5.24. The van der Waals surface area contributed by atoms with Crippen LogP contribution in [0.2, 0.25) is 0 Å². The number of ether oxygens (including phenoxy) is 1. The minimum atomic E-state index is 0.516. The van der Waals surface area contributed by atoms with Gasteiger partial charge in [-0.05, 0) is 49.4 Å². The van der Waals surface area contributed by atoms with Gasteiger partial charge < -0.3 is 20.4 Å². The molecule has 6 nitrogen and oxygen atoms in total. The molecule has 0 aliphatic carbocycles. The predicted octanol–water partition coefficient (Wildman–Crippen LogP) is 4.76. The molecule has 26 heavy (non-hydrogen) atoms. The lowest BCUT2D eigenvalue weighted by molar-refractivity contribution is 0.415. The molecule has 0 atom stereocenters. The number of H-pyrrole nitrogens is 1.